The third-order valence-corrected chi connectivity index (χ3v) is 4.32. The molecule has 1 aliphatic rings. The second-order valence-electron chi connectivity index (χ2n) is 6.47. The summed E-state index contributed by atoms with van der Waals surface area (Å²) in [5.41, 5.74) is 0.215. The minimum atomic E-state index is -0.766. The summed E-state index contributed by atoms with van der Waals surface area (Å²) in [6.07, 6.45) is 1.54. The molecule has 4 nitrogen and oxygen atoms in total. The van der Waals surface area contributed by atoms with Gasteiger partial charge in [0.15, 0.2) is 0 Å². The van der Waals surface area contributed by atoms with Crippen molar-refractivity contribution in [3.8, 4) is 0 Å². The molecule has 1 saturated heterocycles. The number of rotatable bonds is 3. The Morgan fingerprint density at radius 1 is 1.33 bits per heavy atom. The summed E-state index contributed by atoms with van der Waals surface area (Å²) in [6, 6.07) is 9.82. The third-order valence-electron chi connectivity index (χ3n) is 4.32. The van der Waals surface area contributed by atoms with Gasteiger partial charge in [-0.3, -0.25) is 0 Å². The SMILES string of the molecule is C[C@@H]1CC[C@H](C(C)(C)O)CN1C(=O)OCc1ccccc1. The predicted octanol–water partition coefficient (Wildman–Crippen LogP) is 3.19. The molecule has 1 N–H and O–H groups in total. The molecule has 0 unspecified atom stereocenters. The Balaban J connectivity index is 1.93. The van der Waals surface area contributed by atoms with Gasteiger partial charge in [-0.15, -0.1) is 0 Å². The van der Waals surface area contributed by atoms with Crippen LogP contribution in [0.15, 0.2) is 30.3 Å². The van der Waals surface area contributed by atoms with Gasteiger partial charge in [0.05, 0.1) is 5.60 Å². The number of ether oxygens (including phenoxy) is 1. The van der Waals surface area contributed by atoms with Crippen LogP contribution in [0.5, 0.6) is 0 Å². The van der Waals surface area contributed by atoms with Crippen LogP contribution in [-0.2, 0) is 11.3 Å². The molecule has 1 heterocycles. The number of piperidine rings is 1. The largest absolute Gasteiger partial charge is 0.445 e. The van der Waals surface area contributed by atoms with E-state index >= 15 is 0 Å². The molecule has 0 radical (unpaired) electrons. The number of aliphatic hydroxyl groups is 1. The van der Waals surface area contributed by atoms with Crippen molar-refractivity contribution in [2.75, 3.05) is 6.54 Å². The Labute approximate surface area is 126 Å². The van der Waals surface area contributed by atoms with Gasteiger partial charge in [-0.05, 0) is 39.2 Å². The van der Waals surface area contributed by atoms with Gasteiger partial charge in [-0.2, -0.15) is 0 Å². The molecule has 0 bridgehead atoms. The van der Waals surface area contributed by atoms with Gasteiger partial charge >= 0.3 is 6.09 Å². The van der Waals surface area contributed by atoms with E-state index in [4.69, 9.17) is 4.74 Å². The second kappa shape index (κ2) is 6.48. The van der Waals surface area contributed by atoms with Gasteiger partial charge in [0, 0.05) is 18.5 Å². The van der Waals surface area contributed by atoms with Crippen LogP contribution < -0.4 is 0 Å². The fraction of sp³-hybridized carbons (Fsp3) is 0.588. The van der Waals surface area contributed by atoms with Gasteiger partial charge < -0.3 is 14.7 Å². The number of carbonyl (C=O) groups is 1. The van der Waals surface area contributed by atoms with E-state index in [0.29, 0.717) is 6.54 Å². The minimum absolute atomic E-state index is 0.0953. The number of likely N-dealkylation sites (tertiary alicyclic amines) is 1. The Hall–Kier alpha value is -1.55. The minimum Gasteiger partial charge on any atom is -0.445 e. The molecular formula is C17H25NO3. The number of hydrogen-bond acceptors (Lipinski definition) is 3. The van der Waals surface area contributed by atoms with E-state index in [0.717, 1.165) is 18.4 Å². The van der Waals surface area contributed by atoms with Gasteiger partial charge in [0.25, 0.3) is 0 Å². The molecule has 1 aliphatic heterocycles. The van der Waals surface area contributed by atoms with Crippen LogP contribution in [0.1, 0.15) is 39.2 Å². The topological polar surface area (TPSA) is 49.8 Å². The highest BCUT2D eigenvalue weighted by Gasteiger charge is 2.36. The molecule has 0 saturated carbocycles. The smallest absolute Gasteiger partial charge is 0.410 e. The zero-order chi connectivity index (χ0) is 15.5. The first-order chi connectivity index (χ1) is 9.88. The van der Waals surface area contributed by atoms with Crippen molar-refractivity contribution in [1.82, 2.24) is 4.90 Å². The van der Waals surface area contributed by atoms with E-state index in [1.54, 1.807) is 18.7 Å². The summed E-state index contributed by atoms with van der Waals surface area (Å²) in [6.45, 7) is 6.49. The van der Waals surface area contributed by atoms with Gasteiger partial charge in [-0.1, -0.05) is 30.3 Å². The molecule has 2 rings (SSSR count). The first kappa shape index (κ1) is 15.8. The Kier molecular flexibility index (Phi) is 4.88. The quantitative estimate of drug-likeness (QED) is 0.930. The second-order valence-corrected chi connectivity index (χ2v) is 6.47. The molecule has 0 aromatic heterocycles. The molecule has 1 aromatic rings. The summed E-state index contributed by atoms with van der Waals surface area (Å²) >= 11 is 0. The van der Waals surface area contributed by atoms with Crippen LogP contribution in [-0.4, -0.2) is 34.3 Å². The third kappa shape index (κ3) is 4.21. The maximum atomic E-state index is 12.3. The summed E-state index contributed by atoms with van der Waals surface area (Å²) < 4.78 is 5.40. The summed E-state index contributed by atoms with van der Waals surface area (Å²) in [7, 11) is 0. The number of nitrogens with zero attached hydrogens (tertiary/aromatic N) is 1. The molecule has 1 fully saturated rings. The lowest BCUT2D eigenvalue weighted by molar-refractivity contribution is -0.0293. The molecule has 1 aromatic carbocycles. The summed E-state index contributed by atoms with van der Waals surface area (Å²) in [5, 5.41) is 10.2. The highest BCUT2D eigenvalue weighted by atomic mass is 16.6. The molecule has 2 atom stereocenters. The number of amides is 1. The van der Waals surface area contributed by atoms with Gasteiger partial charge in [0.1, 0.15) is 6.61 Å². The lowest BCUT2D eigenvalue weighted by Gasteiger charge is -2.41. The average Bonchev–Trinajstić information content (AvgIpc) is 2.45. The van der Waals surface area contributed by atoms with Crippen LogP contribution in [0.3, 0.4) is 0 Å². The Bertz CT molecular complexity index is 467. The van der Waals surface area contributed by atoms with E-state index in [9.17, 15) is 9.90 Å². The van der Waals surface area contributed by atoms with Crippen LogP contribution in [0.25, 0.3) is 0 Å². The number of benzene rings is 1. The number of carbonyl (C=O) groups excluding carboxylic acids is 1. The van der Waals surface area contributed by atoms with Crippen LogP contribution in [0.4, 0.5) is 4.79 Å². The molecule has 4 heteroatoms. The molecule has 0 spiro atoms. The maximum absolute atomic E-state index is 12.3. The fourth-order valence-electron chi connectivity index (χ4n) is 2.74. The average molecular weight is 291 g/mol. The summed E-state index contributed by atoms with van der Waals surface area (Å²) in [4.78, 5) is 14.0. The predicted molar refractivity (Wildman–Crippen MR) is 81.8 cm³/mol. The van der Waals surface area contributed by atoms with Gasteiger partial charge in [-0.25, -0.2) is 4.79 Å². The molecule has 21 heavy (non-hydrogen) atoms. The normalized spacial score (nSPS) is 23.0. The Morgan fingerprint density at radius 3 is 2.62 bits per heavy atom. The van der Waals surface area contributed by atoms with Crippen molar-refractivity contribution >= 4 is 6.09 Å². The highest BCUT2D eigenvalue weighted by molar-refractivity contribution is 5.68. The Morgan fingerprint density at radius 2 is 2.00 bits per heavy atom. The first-order valence-corrected chi connectivity index (χ1v) is 7.57. The molecule has 1 amide bonds. The lowest BCUT2D eigenvalue weighted by Crippen LogP contribution is -2.50. The highest BCUT2D eigenvalue weighted by Crippen LogP contribution is 2.30. The van der Waals surface area contributed by atoms with Crippen molar-refractivity contribution in [3.05, 3.63) is 35.9 Å². The molecular weight excluding hydrogens is 266 g/mol. The van der Waals surface area contributed by atoms with E-state index in [-0.39, 0.29) is 24.7 Å². The van der Waals surface area contributed by atoms with Gasteiger partial charge in [0.2, 0.25) is 0 Å². The van der Waals surface area contributed by atoms with E-state index < -0.39 is 5.60 Å². The van der Waals surface area contributed by atoms with E-state index in [1.807, 2.05) is 37.3 Å². The summed E-state index contributed by atoms with van der Waals surface area (Å²) in [5.74, 6) is 0.0953. The maximum Gasteiger partial charge on any atom is 0.410 e. The molecule has 0 aliphatic carbocycles. The van der Waals surface area contributed by atoms with Crippen LogP contribution >= 0.6 is 0 Å². The fourth-order valence-corrected chi connectivity index (χ4v) is 2.74. The van der Waals surface area contributed by atoms with E-state index in [1.165, 1.54) is 0 Å². The van der Waals surface area contributed by atoms with E-state index in [2.05, 4.69) is 0 Å². The first-order valence-electron chi connectivity index (χ1n) is 7.57. The van der Waals surface area contributed by atoms with Crippen molar-refractivity contribution < 1.29 is 14.6 Å². The monoisotopic (exact) mass is 291 g/mol. The van der Waals surface area contributed by atoms with Crippen molar-refractivity contribution in [2.45, 2.75) is 51.9 Å². The zero-order valence-electron chi connectivity index (χ0n) is 13.1. The van der Waals surface area contributed by atoms with Crippen LogP contribution in [0, 0.1) is 5.92 Å². The number of hydrogen-bond donors (Lipinski definition) is 1. The standard InChI is InChI=1S/C17H25NO3/c1-13-9-10-15(17(2,3)20)11-18(13)16(19)21-12-14-7-5-4-6-8-14/h4-8,13,15,20H,9-12H2,1-3H3/t13-,15+/m1/s1. The zero-order valence-corrected chi connectivity index (χ0v) is 13.1. The molecule has 116 valence electrons. The lowest BCUT2D eigenvalue weighted by atomic mass is 9.82. The van der Waals surface area contributed by atoms with Crippen molar-refractivity contribution in [1.29, 1.82) is 0 Å². The van der Waals surface area contributed by atoms with Crippen LogP contribution in [0.2, 0.25) is 0 Å². The van der Waals surface area contributed by atoms with Crippen molar-refractivity contribution in [2.24, 2.45) is 5.92 Å². The van der Waals surface area contributed by atoms with Crippen molar-refractivity contribution in [3.63, 3.8) is 0 Å².